The summed E-state index contributed by atoms with van der Waals surface area (Å²) in [5.74, 6) is 0.257. The fourth-order valence-corrected chi connectivity index (χ4v) is 1.50. The molecule has 0 radical (unpaired) electrons. The van der Waals surface area contributed by atoms with E-state index in [2.05, 4.69) is 0 Å². The first-order valence-electron chi connectivity index (χ1n) is 6.23. The first kappa shape index (κ1) is 15.7. The van der Waals surface area contributed by atoms with Crippen molar-refractivity contribution < 1.29 is 14.2 Å². The van der Waals surface area contributed by atoms with Crippen LogP contribution in [0.3, 0.4) is 0 Å². The highest BCUT2D eigenvalue weighted by Crippen LogP contribution is 2.22. The van der Waals surface area contributed by atoms with Crippen molar-refractivity contribution in [1.82, 2.24) is 0 Å². The van der Waals surface area contributed by atoms with Crippen LogP contribution in [0.15, 0.2) is 24.3 Å². The maximum atomic E-state index is 11.0. The quantitative estimate of drug-likeness (QED) is 0.450. The van der Waals surface area contributed by atoms with Gasteiger partial charge in [-0.2, -0.15) is 0 Å². The van der Waals surface area contributed by atoms with Gasteiger partial charge in [-0.25, -0.2) is 0 Å². The van der Waals surface area contributed by atoms with Crippen LogP contribution in [0.1, 0.15) is 27.7 Å². The van der Waals surface area contributed by atoms with E-state index in [4.69, 9.17) is 9.31 Å². The second kappa shape index (κ2) is 6.17. The third-order valence-electron chi connectivity index (χ3n) is 3.40. The first-order chi connectivity index (χ1) is 8.79. The minimum absolute atomic E-state index is 0.00825. The molecule has 19 heavy (non-hydrogen) atoms. The highest BCUT2D eigenvalue weighted by atomic mass is 16.6. The predicted octanol–water partition coefficient (Wildman–Crippen LogP) is 2.39. The molecule has 0 N–H and O–H groups in total. The average molecular weight is 265 g/mol. The summed E-state index contributed by atoms with van der Waals surface area (Å²) in [4.78, 5) is 10.6. The standard InChI is InChI=1S/C13H20BNO4/c1-10(2)13(3,4)19-14(18-5)11-8-6-7-9-12(11)15(16)17/h6-10H,1-5H3. The minimum Gasteiger partial charge on any atom is -0.410 e. The van der Waals surface area contributed by atoms with Gasteiger partial charge in [0.25, 0.3) is 5.69 Å². The Balaban J connectivity index is 3.08. The molecule has 6 heteroatoms. The van der Waals surface area contributed by atoms with Crippen molar-refractivity contribution in [3.63, 3.8) is 0 Å². The number of nitrogens with zero attached hydrogens (tertiary/aromatic N) is 1. The molecule has 0 unspecified atom stereocenters. The Morgan fingerprint density at radius 3 is 2.37 bits per heavy atom. The molecule has 0 saturated heterocycles. The van der Waals surface area contributed by atoms with Crippen LogP contribution in [0.25, 0.3) is 0 Å². The molecule has 1 aromatic carbocycles. The van der Waals surface area contributed by atoms with Crippen LogP contribution in [-0.4, -0.2) is 24.8 Å². The minimum atomic E-state index is -0.751. The molecule has 0 saturated carbocycles. The summed E-state index contributed by atoms with van der Waals surface area (Å²) in [6, 6.07) is 6.47. The summed E-state index contributed by atoms with van der Waals surface area (Å²) in [7, 11) is 0.733. The van der Waals surface area contributed by atoms with Gasteiger partial charge in [-0.15, -0.1) is 0 Å². The molecule has 1 aromatic rings. The number of nitro benzene ring substituents is 1. The fraction of sp³-hybridized carbons (Fsp3) is 0.538. The van der Waals surface area contributed by atoms with Gasteiger partial charge in [-0.1, -0.05) is 32.0 Å². The molecule has 5 nitrogen and oxygen atoms in total. The van der Waals surface area contributed by atoms with Gasteiger partial charge in [-0.3, -0.25) is 10.1 Å². The van der Waals surface area contributed by atoms with Crippen LogP contribution in [0.2, 0.25) is 0 Å². The van der Waals surface area contributed by atoms with Gasteiger partial charge in [0.1, 0.15) is 0 Å². The number of rotatable bonds is 6. The van der Waals surface area contributed by atoms with E-state index >= 15 is 0 Å². The molecular weight excluding hydrogens is 245 g/mol. The Morgan fingerprint density at radius 2 is 1.89 bits per heavy atom. The fourth-order valence-electron chi connectivity index (χ4n) is 1.50. The maximum absolute atomic E-state index is 11.0. The van der Waals surface area contributed by atoms with Gasteiger partial charge < -0.3 is 9.31 Å². The van der Waals surface area contributed by atoms with E-state index in [9.17, 15) is 10.1 Å². The molecule has 104 valence electrons. The second-order valence-corrected chi connectivity index (χ2v) is 5.26. The zero-order chi connectivity index (χ0) is 14.6. The monoisotopic (exact) mass is 265 g/mol. The van der Waals surface area contributed by atoms with Crippen molar-refractivity contribution in [3.8, 4) is 0 Å². The molecule has 0 aliphatic rings. The SMILES string of the molecule is COB(OC(C)(C)C(C)C)c1ccccc1[N+](=O)[O-]. The Labute approximate surface area is 114 Å². The van der Waals surface area contributed by atoms with Crippen molar-refractivity contribution in [2.45, 2.75) is 33.3 Å². The summed E-state index contributed by atoms with van der Waals surface area (Å²) in [5.41, 5.74) is 0.00216. The van der Waals surface area contributed by atoms with Crippen LogP contribution < -0.4 is 5.46 Å². The van der Waals surface area contributed by atoms with Crippen molar-refractivity contribution in [1.29, 1.82) is 0 Å². The van der Waals surface area contributed by atoms with Crippen LogP contribution in [-0.2, 0) is 9.31 Å². The molecule has 0 spiro atoms. The average Bonchev–Trinajstić information content (AvgIpc) is 2.35. The van der Waals surface area contributed by atoms with E-state index < -0.39 is 17.6 Å². The number of para-hydroxylation sites is 1. The number of hydrogen-bond donors (Lipinski definition) is 0. The van der Waals surface area contributed by atoms with E-state index in [0.29, 0.717) is 5.46 Å². The third-order valence-corrected chi connectivity index (χ3v) is 3.40. The number of nitro groups is 1. The van der Waals surface area contributed by atoms with Crippen LogP contribution >= 0.6 is 0 Å². The molecule has 1 rings (SSSR count). The summed E-state index contributed by atoms with van der Waals surface area (Å²) in [5, 5.41) is 11.0. The molecular formula is C13H20BNO4. The Hall–Kier alpha value is -1.40. The van der Waals surface area contributed by atoms with E-state index in [1.165, 1.54) is 13.2 Å². The summed E-state index contributed by atoms with van der Waals surface area (Å²) in [6.07, 6.45) is 0. The molecule has 0 heterocycles. The summed E-state index contributed by atoms with van der Waals surface area (Å²) in [6.45, 7) is 7.95. The Morgan fingerprint density at radius 1 is 1.32 bits per heavy atom. The van der Waals surface area contributed by atoms with Crippen LogP contribution in [0.5, 0.6) is 0 Å². The summed E-state index contributed by atoms with van der Waals surface area (Å²) < 4.78 is 11.2. The summed E-state index contributed by atoms with van der Waals surface area (Å²) >= 11 is 0. The lowest BCUT2D eigenvalue weighted by molar-refractivity contribution is -0.383. The van der Waals surface area contributed by atoms with Crippen molar-refractivity contribution in [2.24, 2.45) is 5.92 Å². The van der Waals surface area contributed by atoms with Crippen molar-refractivity contribution in [3.05, 3.63) is 34.4 Å². The van der Waals surface area contributed by atoms with Gasteiger partial charge in [0.05, 0.1) is 16.0 Å². The van der Waals surface area contributed by atoms with Gasteiger partial charge >= 0.3 is 7.12 Å². The van der Waals surface area contributed by atoms with E-state index in [0.717, 1.165) is 0 Å². The number of hydrogen-bond acceptors (Lipinski definition) is 4. The molecule has 0 fully saturated rings. The normalized spacial score (nSPS) is 11.7. The molecule has 0 atom stereocenters. The van der Waals surface area contributed by atoms with Crippen molar-refractivity contribution >= 4 is 18.3 Å². The Kier molecular flexibility index (Phi) is 5.08. The van der Waals surface area contributed by atoms with Gasteiger partial charge in [0.2, 0.25) is 0 Å². The molecule has 0 aromatic heterocycles. The Bertz CT molecular complexity index is 448. The lowest BCUT2D eigenvalue weighted by Crippen LogP contribution is -2.46. The highest BCUT2D eigenvalue weighted by molar-refractivity contribution is 6.62. The zero-order valence-electron chi connectivity index (χ0n) is 12.0. The maximum Gasteiger partial charge on any atom is 0.501 e. The molecule has 0 bridgehead atoms. The highest BCUT2D eigenvalue weighted by Gasteiger charge is 2.35. The molecule has 0 aliphatic heterocycles. The van der Waals surface area contributed by atoms with Crippen LogP contribution in [0, 0.1) is 16.0 Å². The van der Waals surface area contributed by atoms with Crippen molar-refractivity contribution in [2.75, 3.05) is 7.11 Å². The number of benzene rings is 1. The van der Waals surface area contributed by atoms with E-state index in [1.807, 2.05) is 27.7 Å². The first-order valence-corrected chi connectivity index (χ1v) is 6.23. The topological polar surface area (TPSA) is 61.6 Å². The van der Waals surface area contributed by atoms with E-state index in [-0.39, 0.29) is 11.6 Å². The third kappa shape index (κ3) is 3.78. The van der Waals surface area contributed by atoms with Gasteiger partial charge in [0.15, 0.2) is 0 Å². The molecule has 0 aliphatic carbocycles. The second-order valence-electron chi connectivity index (χ2n) is 5.26. The largest absolute Gasteiger partial charge is 0.501 e. The lowest BCUT2D eigenvalue weighted by Gasteiger charge is -2.32. The van der Waals surface area contributed by atoms with E-state index in [1.54, 1.807) is 18.2 Å². The lowest BCUT2D eigenvalue weighted by atomic mass is 9.75. The van der Waals surface area contributed by atoms with Crippen LogP contribution in [0.4, 0.5) is 5.69 Å². The smallest absolute Gasteiger partial charge is 0.410 e. The predicted molar refractivity (Wildman–Crippen MR) is 75.5 cm³/mol. The molecule has 0 amide bonds. The zero-order valence-corrected chi connectivity index (χ0v) is 12.0. The van der Waals surface area contributed by atoms with Gasteiger partial charge in [-0.05, 0) is 19.8 Å². The van der Waals surface area contributed by atoms with Gasteiger partial charge in [0, 0.05) is 13.2 Å².